The van der Waals surface area contributed by atoms with Crippen molar-refractivity contribution >= 4 is 15.9 Å². The molecule has 2 aromatic rings. The lowest BCUT2D eigenvalue weighted by Crippen LogP contribution is -2.08. The Morgan fingerprint density at radius 3 is 2.94 bits per heavy atom. The highest BCUT2D eigenvalue weighted by molar-refractivity contribution is 9.10. The highest BCUT2D eigenvalue weighted by Gasteiger charge is 2.10. The second kappa shape index (κ2) is 4.93. The highest BCUT2D eigenvalue weighted by Crippen LogP contribution is 2.19. The van der Waals surface area contributed by atoms with Crippen LogP contribution in [0.1, 0.15) is 25.1 Å². The fourth-order valence-electron chi connectivity index (χ4n) is 1.41. The van der Waals surface area contributed by atoms with Crippen LogP contribution in [0.15, 0.2) is 28.9 Å². The molecule has 0 aliphatic heterocycles. The van der Waals surface area contributed by atoms with E-state index in [9.17, 15) is 4.39 Å². The van der Waals surface area contributed by atoms with Crippen molar-refractivity contribution in [1.82, 2.24) is 15.0 Å². The summed E-state index contributed by atoms with van der Waals surface area (Å²) >= 11 is 3.13. The van der Waals surface area contributed by atoms with Crippen molar-refractivity contribution in [1.29, 1.82) is 0 Å². The van der Waals surface area contributed by atoms with Crippen LogP contribution < -0.4 is 5.73 Å². The van der Waals surface area contributed by atoms with Gasteiger partial charge in [0.1, 0.15) is 5.82 Å². The number of hydrogen-bond acceptors (Lipinski definition) is 3. The number of nitrogens with zero attached hydrogens (tertiary/aromatic N) is 3. The second-order valence-electron chi connectivity index (χ2n) is 3.70. The molecule has 17 heavy (non-hydrogen) atoms. The number of hydrogen-bond donors (Lipinski definition) is 1. The van der Waals surface area contributed by atoms with Crippen molar-refractivity contribution in [3.63, 3.8) is 0 Å². The summed E-state index contributed by atoms with van der Waals surface area (Å²) < 4.78 is 15.1. The zero-order chi connectivity index (χ0) is 12.4. The monoisotopic (exact) mass is 298 g/mol. The van der Waals surface area contributed by atoms with Gasteiger partial charge in [-0.15, -0.1) is 5.10 Å². The molecule has 0 spiro atoms. The van der Waals surface area contributed by atoms with E-state index in [-0.39, 0.29) is 11.9 Å². The molecular formula is C11H12BrFN4. The maximum atomic E-state index is 13.1. The predicted octanol–water partition coefficient (Wildman–Crippen LogP) is 2.58. The van der Waals surface area contributed by atoms with Crippen molar-refractivity contribution in [3.8, 4) is 5.69 Å². The van der Waals surface area contributed by atoms with E-state index >= 15 is 0 Å². The van der Waals surface area contributed by atoms with Crippen LogP contribution in [0.5, 0.6) is 0 Å². The largest absolute Gasteiger partial charge is 0.323 e. The van der Waals surface area contributed by atoms with Gasteiger partial charge in [-0.1, -0.05) is 12.1 Å². The smallest absolute Gasteiger partial charge is 0.137 e. The van der Waals surface area contributed by atoms with Gasteiger partial charge in [0, 0.05) is 0 Å². The highest BCUT2D eigenvalue weighted by atomic mass is 79.9. The predicted molar refractivity (Wildman–Crippen MR) is 66.2 cm³/mol. The lowest BCUT2D eigenvalue weighted by atomic mass is 10.2. The normalized spacial score (nSPS) is 12.7. The van der Waals surface area contributed by atoms with E-state index in [1.807, 2.05) is 6.92 Å². The van der Waals surface area contributed by atoms with Gasteiger partial charge in [0.15, 0.2) is 0 Å². The van der Waals surface area contributed by atoms with Crippen molar-refractivity contribution < 1.29 is 4.39 Å². The molecule has 1 atom stereocenters. The van der Waals surface area contributed by atoms with Crippen molar-refractivity contribution in [2.24, 2.45) is 5.73 Å². The van der Waals surface area contributed by atoms with Gasteiger partial charge in [-0.05, 0) is 40.5 Å². The summed E-state index contributed by atoms with van der Waals surface area (Å²) in [5.41, 5.74) is 7.32. The Morgan fingerprint density at radius 1 is 1.53 bits per heavy atom. The SMILES string of the molecule is CCC(N)c1cn(-c2ccc(F)c(Br)c2)nn1. The summed E-state index contributed by atoms with van der Waals surface area (Å²) in [4.78, 5) is 0. The summed E-state index contributed by atoms with van der Waals surface area (Å²) in [5, 5.41) is 7.96. The molecule has 90 valence electrons. The van der Waals surface area contributed by atoms with Gasteiger partial charge in [-0.3, -0.25) is 0 Å². The van der Waals surface area contributed by atoms with Gasteiger partial charge in [0.25, 0.3) is 0 Å². The molecule has 0 amide bonds. The number of aromatic nitrogens is 3. The van der Waals surface area contributed by atoms with Gasteiger partial charge in [0.05, 0.1) is 28.1 Å². The van der Waals surface area contributed by atoms with Gasteiger partial charge in [-0.2, -0.15) is 0 Å². The molecule has 0 saturated heterocycles. The molecule has 1 unspecified atom stereocenters. The van der Waals surface area contributed by atoms with Crippen LogP contribution in [0.25, 0.3) is 5.69 Å². The minimum absolute atomic E-state index is 0.118. The van der Waals surface area contributed by atoms with E-state index in [0.29, 0.717) is 4.47 Å². The van der Waals surface area contributed by atoms with Gasteiger partial charge in [-0.25, -0.2) is 9.07 Å². The fourth-order valence-corrected chi connectivity index (χ4v) is 1.78. The van der Waals surface area contributed by atoms with Gasteiger partial charge in [0.2, 0.25) is 0 Å². The molecular weight excluding hydrogens is 287 g/mol. The molecule has 4 nitrogen and oxygen atoms in total. The number of benzene rings is 1. The average Bonchev–Trinajstić information content (AvgIpc) is 2.81. The molecule has 0 fully saturated rings. The molecule has 0 aliphatic carbocycles. The first-order valence-electron chi connectivity index (χ1n) is 5.25. The quantitative estimate of drug-likeness (QED) is 0.947. The number of nitrogens with two attached hydrogens (primary N) is 1. The van der Waals surface area contributed by atoms with Crippen LogP contribution in [0.4, 0.5) is 4.39 Å². The molecule has 2 rings (SSSR count). The summed E-state index contributed by atoms with van der Waals surface area (Å²) in [5.74, 6) is -0.306. The first-order valence-corrected chi connectivity index (χ1v) is 6.04. The van der Waals surface area contributed by atoms with Crippen LogP contribution >= 0.6 is 15.9 Å². The fraction of sp³-hybridized carbons (Fsp3) is 0.273. The Kier molecular flexibility index (Phi) is 3.54. The topological polar surface area (TPSA) is 56.7 Å². The van der Waals surface area contributed by atoms with Crippen LogP contribution in [0.2, 0.25) is 0 Å². The Balaban J connectivity index is 2.33. The Labute approximate surface area is 107 Å². The van der Waals surface area contributed by atoms with Crippen LogP contribution in [-0.2, 0) is 0 Å². The molecule has 1 heterocycles. The van der Waals surface area contributed by atoms with Gasteiger partial charge >= 0.3 is 0 Å². The zero-order valence-corrected chi connectivity index (χ0v) is 10.9. The van der Waals surface area contributed by atoms with E-state index in [4.69, 9.17) is 5.73 Å². The summed E-state index contributed by atoms with van der Waals surface area (Å²) in [6.45, 7) is 1.98. The molecule has 2 N–H and O–H groups in total. The summed E-state index contributed by atoms with van der Waals surface area (Å²) in [6.07, 6.45) is 2.56. The lowest BCUT2D eigenvalue weighted by Gasteiger charge is -2.03. The zero-order valence-electron chi connectivity index (χ0n) is 9.27. The van der Waals surface area contributed by atoms with Crippen molar-refractivity contribution in [3.05, 3.63) is 40.4 Å². The Bertz CT molecular complexity index is 526. The van der Waals surface area contributed by atoms with Crippen LogP contribution in [0.3, 0.4) is 0 Å². The van der Waals surface area contributed by atoms with E-state index in [1.54, 1.807) is 23.0 Å². The molecule has 6 heteroatoms. The minimum atomic E-state index is -0.306. The maximum absolute atomic E-state index is 13.1. The molecule has 1 aromatic carbocycles. The molecule has 0 radical (unpaired) electrons. The van der Waals surface area contributed by atoms with E-state index in [2.05, 4.69) is 26.2 Å². The lowest BCUT2D eigenvalue weighted by molar-refractivity contribution is 0.620. The van der Waals surface area contributed by atoms with E-state index in [1.165, 1.54) is 6.07 Å². The van der Waals surface area contributed by atoms with Crippen LogP contribution in [0, 0.1) is 5.82 Å². The first-order chi connectivity index (χ1) is 8.11. The number of halogens is 2. The molecule has 0 saturated carbocycles. The third-order valence-electron chi connectivity index (χ3n) is 2.50. The molecule has 0 bridgehead atoms. The van der Waals surface area contributed by atoms with Crippen molar-refractivity contribution in [2.75, 3.05) is 0 Å². The Hall–Kier alpha value is -1.27. The van der Waals surface area contributed by atoms with Gasteiger partial charge < -0.3 is 5.73 Å². The second-order valence-corrected chi connectivity index (χ2v) is 4.56. The van der Waals surface area contributed by atoms with Crippen LogP contribution in [-0.4, -0.2) is 15.0 Å². The maximum Gasteiger partial charge on any atom is 0.137 e. The summed E-state index contributed by atoms with van der Waals surface area (Å²) in [7, 11) is 0. The molecule has 1 aromatic heterocycles. The summed E-state index contributed by atoms with van der Waals surface area (Å²) in [6, 6.07) is 4.54. The first kappa shape index (κ1) is 12.2. The standard InChI is InChI=1S/C11H12BrFN4/c1-2-10(14)11-6-17(16-15-11)7-3-4-9(13)8(12)5-7/h3-6,10H,2,14H2,1H3. The minimum Gasteiger partial charge on any atom is -0.323 e. The third kappa shape index (κ3) is 2.53. The average molecular weight is 299 g/mol. The van der Waals surface area contributed by atoms with Crippen molar-refractivity contribution in [2.45, 2.75) is 19.4 Å². The third-order valence-corrected chi connectivity index (χ3v) is 3.11. The van der Waals surface area contributed by atoms with E-state index in [0.717, 1.165) is 17.8 Å². The van der Waals surface area contributed by atoms with E-state index < -0.39 is 0 Å². The molecule has 0 aliphatic rings. The Morgan fingerprint density at radius 2 is 2.29 bits per heavy atom. The number of rotatable bonds is 3.